The fourth-order valence-electron chi connectivity index (χ4n) is 3.70. The van der Waals surface area contributed by atoms with E-state index in [1.54, 1.807) is 18.2 Å². The first-order valence-corrected chi connectivity index (χ1v) is 10.4. The largest absolute Gasteiger partial charge is 0.465 e. The number of carbonyl (C=O) groups excluding carboxylic acids is 1. The van der Waals surface area contributed by atoms with Crippen molar-refractivity contribution in [2.45, 2.75) is 51.7 Å². The summed E-state index contributed by atoms with van der Waals surface area (Å²) in [4.78, 5) is 34.3. The molecule has 1 aromatic heterocycles. The van der Waals surface area contributed by atoms with Gasteiger partial charge in [-0.1, -0.05) is 38.1 Å². The Balaban J connectivity index is 1.58. The summed E-state index contributed by atoms with van der Waals surface area (Å²) >= 11 is 0. The average molecular weight is 405 g/mol. The lowest BCUT2D eigenvalue weighted by Gasteiger charge is -2.22. The Kier molecular flexibility index (Phi) is 5.68. The van der Waals surface area contributed by atoms with E-state index in [-0.39, 0.29) is 5.56 Å². The van der Waals surface area contributed by atoms with Crippen molar-refractivity contribution in [3.8, 4) is 0 Å². The van der Waals surface area contributed by atoms with E-state index < -0.39 is 5.97 Å². The van der Waals surface area contributed by atoms with Gasteiger partial charge in [-0.05, 0) is 48.1 Å². The predicted molar refractivity (Wildman–Crippen MR) is 117 cm³/mol. The predicted octanol–water partition coefficient (Wildman–Crippen LogP) is 4.00. The summed E-state index contributed by atoms with van der Waals surface area (Å²) in [5.74, 6) is 0.686. The van der Waals surface area contributed by atoms with Crippen LogP contribution in [-0.4, -0.2) is 34.0 Å². The number of nitrogens with one attached hydrogen (secondary N) is 1. The molecule has 1 aliphatic rings. The van der Waals surface area contributed by atoms with Crippen LogP contribution < -0.4 is 5.56 Å². The molecule has 0 atom stereocenters. The Morgan fingerprint density at radius 2 is 1.90 bits per heavy atom. The Morgan fingerprint density at radius 1 is 1.17 bits per heavy atom. The molecule has 0 spiro atoms. The first kappa shape index (κ1) is 20.3. The zero-order valence-corrected chi connectivity index (χ0v) is 17.6. The van der Waals surface area contributed by atoms with Crippen LogP contribution in [-0.2, 0) is 17.8 Å². The van der Waals surface area contributed by atoms with Gasteiger partial charge in [0.25, 0.3) is 5.56 Å². The smallest absolute Gasteiger partial charge is 0.337 e. The van der Waals surface area contributed by atoms with Crippen molar-refractivity contribution >= 4 is 16.9 Å². The van der Waals surface area contributed by atoms with E-state index in [0.29, 0.717) is 40.8 Å². The summed E-state index contributed by atoms with van der Waals surface area (Å²) in [6.07, 6.45) is 2.32. The molecular formula is C24H27N3O3. The topological polar surface area (TPSA) is 75.3 Å². The Hall–Kier alpha value is -2.99. The molecule has 0 unspecified atom stereocenters. The number of fused-ring (bicyclic) bond motifs is 1. The molecule has 0 amide bonds. The summed E-state index contributed by atoms with van der Waals surface area (Å²) < 4.78 is 4.78. The monoisotopic (exact) mass is 405 g/mol. The molecule has 0 bridgehead atoms. The average Bonchev–Trinajstić information content (AvgIpc) is 3.58. The molecule has 30 heavy (non-hydrogen) atoms. The van der Waals surface area contributed by atoms with Gasteiger partial charge in [-0.2, -0.15) is 0 Å². The third-order valence-electron chi connectivity index (χ3n) is 5.62. The molecule has 1 saturated carbocycles. The molecule has 1 heterocycles. The maximum Gasteiger partial charge on any atom is 0.337 e. The number of methoxy groups -OCH3 is 1. The molecule has 156 valence electrons. The van der Waals surface area contributed by atoms with Gasteiger partial charge in [-0.25, -0.2) is 9.78 Å². The van der Waals surface area contributed by atoms with Gasteiger partial charge in [0.2, 0.25) is 0 Å². The van der Waals surface area contributed by atoms with Crippen LogP contribution in [0.15, 0.2) is 47.3 Å². The van der Waals surface area contributed by atoms with Crippen LogP contribution in [0.1, 0.15) is 59.9 Å². The lowest BCUT2D eigenvalue weighted by atomic mass is 10.0. The van der Waals surface area contributed by atoms with Crippen LogP contribution in [0.5, 0.6) is 0 Å². The number of rotatable bonds is 7. The second kappa shape index (κ2) is 8.40. The molecule has 6 nitrogen and oxygen atoms in total. The van der Waals surface area contributed by atoms with Gasteiger partial charge in [0.15, 0.2) is 0 Å². The lowest BCUT2D eigenvalue weighted by molar-refractivity contribution is 0.0601. The number of hydrogen-bond donors (Lipinski definition) is 1. The molecule has 4 rings (SSSR count). The van der Waals surface area contributed by atoms with Crippen molar-refractivity contribution in [1.29, 1.82) is 0 Å². The minimum Gasteiger partial charge on any atom is -0.465 e. The molecule has 2 aromatic carbocycles. The van der Waals surface area contributed by atoms with Gasteiger partial charge >= 0.3 is 5.97 Å². The fourth-order valence-corrected chi connectivity index (χ4v) is 3.70. The number of ether oxygens (including phenoxy) is 1. The molecule has 1 aliphatic carbocycles. The molecule has 6 heteroatoms. The number of aromatic nitrogens is 2. The zero-order chi connectivity index (χ0) is 21.3. The Morgan fingerprint density at radius 3 is 2.53 bits per heavy atom. The van der Waals surface area contributed by atoms with Crippen LogP contribution in [0.2, 0.25) is 0 Å². The van der Waals surface area contributed by atoms with E-state index in [9.17, 15) is 9.59 Å². The summed E-state index contributed by atoms with van der Waals surface area (Å²) in [6, 6.07) is 14.1. The number of hydrogen-bond acceptors (Lipinski definition) is 5. The maximum atomic E-state index is 12.5. The van der Waals surface area contributed by atoms with E-state index >= 15 is 0 Å². The molecular weight excluding hydrogens is 378 g/mol. The van der Waals surface area contributed by atoms with Gasteiger partial charge in [0.05, 0.1) is 30.1 Å². The van der Waals surface area contributed by atoms with Crippen LogP contribution in [0.3, 0.4) is 0 Å². The van der Waals surface area contributed by atoms with Crippen LogP contribution in [0, 0.1) is 0 Å². The Labute approximate surface area is 175 Å². The van der Waals surface area contributed by atoms with Gasteiger partial charge in [0.1, 0.15) is 5.82 Å². The minimum atomic E-state index is -0.440. The highest BCUT2D eigenvalue weighted by atomic mass is 16.5. The van der Waals surface area contributed by atoms with E-state index in [0.717, 1.165) is 19.4 Å². The first-order chi connectivity index (χ1) is 14.4. The molecule has 1 N–H and O–H groups in total. The quantitative estimate of drug-likeness (QED) is 0.602. The number of carbonyl (C=O) groups is 1. The van der Waals surface area contributed by atoms with Crippen LogP contribution in [0.4, 0.5) is 0 Å². The molecule has 0 saturated heterocycles. The van der Waals surface area contributed by atoms with E-state index in [2.05, 4.69) is 53.0 Å². The van der Waals surface area contributed by atoms with E-state index in [4.69, 9.17) is 4.74 Å². The third kappa shape index (κ3) is 4.44. The first-order valence-electron chi connectivity index (χ1n) is 10.4. The lowest BCUT2D eigenvalue weighted by Crippen LogP contribution is -2.27. The third-order valence-corrected chi connectivity index (χ3v) is 5.62. The van der Waals surface area contributed by atoms with Gasteiger partial charge in [-0.15, -0.1) is 0 Å². The number of nitrogens with zero attached hydrogens (tertiary/aromatic N) is 2. The van der Waals surface area contributed by atoms with E-state index in [1.165, 1.54) is 18.2 Å². The molecule has 0 radical (unpaired) electrons. The maximum absolute atomic E-state index is 12.5. The Bertz CT molecular complexity index is 1110. The van der Waals surface area contributed by atoms with Gasteiger partial charge in [-0.3, -0.25) is 9.69 Å². The van der Waals surface area contributed by atoms with E-state index in [1.807, 2.05) is 0 Å². The molecule has 1 fully saturated rings. The summed E-state index contributed by atoms with van der Waals surface area (Å²) in [6.45, 7) is 5.76. The number of H-pyrrole nitrogens is 1. The van der Waals surface area contributed by atoms with Crippen molar-refractivity contribution in [3.05, 3.63) is 75.3 Å². The summed E-state index contributed by atoms with van der Waals surface area (Å²) in [5.41, 5.74) is 3.29. The highest BCUT2D eigenvalue weighted by Crippen LogP contribution is 2.29. The zero-order valence-electron chi connectivity index (χ0n) is 17.6. The highest BCUT2D eigenvalue weighted by molar-refractivity contribution is 5.93. The number of aromatic amines is 1. The summed E-state index contributed by atoms with van der Waals surface area (Å²) in [5, 5.41) is 0.466. The van der Waals surface area contributed by atoms with Crippen molar-refractivity contribution < 1.29 is 9.53 Å². The second-order valence-corrected chi connectivity index (χ2v) is 8.27. The minimum absolute atomic E-state index is 0.191. The van der Waals surface area contributed by atoms with Crippen molar-refractivity contribution in [1.82, 2.24) is 14.9 Å². The number of esters is 1. The van der Waals surface area contributed by atoms with Crippen molar-refractivity contribution in [2.24, 2.45) is 0 Å². The molecule has 0 aliphatic heterocycles. The van der Waals surface area contributed by atoms with Gasteiger partial charge in [0, 0.05) is 12.6 Å². The SMILES string of the molecule is COC(=O)c1ccc2c(=O)[nH]c(CN(Cc3ccc(C(C)C)cc3)C3CC3)nc2c1. The van der Waals surface area contributed by atoms with Gasteiger partial charge < -0.3 is 9.72 Å². The second-order valence-electron chi connectivity index (χ2n) is 8.27. The van der Waals surface area contributed by atoms with Crippen LogP contribution >= 0.6 is 0 Å². The normalized spacial score (nSPS) is 13.9. The highest BCUT2D eigenvalue weighted by Gasteiger charge is 2.29. The fraction of sp³-hybridized carbons (Fsp3) is 0.375. The van der Waals surface area contributed by atoms with Crippen molar-refractivity contribution in [2.75, 3.05) is 7.11 Å². The number of benzene rings is 2. The van der Waals surface area contributed by atoms with Crippen LogP contribution in [0.25, 0.3) is 10.9 Å². The van der Waals surface area contributed by atoms with Crippen molar-refractivity contribution in [3.63, 3.8) is 0 Å². The standard InChI is InChI=1S/C24H27N3O3/c1-15(2)17-6-4-16(5-7-17)13-27(19-9-10-19)14-22-25-21-12-18(24(29)30-3)8-11-20(21)23(28)26-22/h4-8,11-12,15,19H,9-10,13-14H2,1-3H3,(H,25,26,28). The molecule has 3 aromatic rings. The summed E-state index contributed by atoms with van der Waals surface area (Å²) in [7, 11) is 1.34.